The molecule has 4 heteroatoms. The molecular formula is C16H22N2O2. The van der Waals surface area contributed by atoms with Gasteiger partial charge in [0.25, 0.3) is 0 Å². The molecule has 0 aliphatic rings. The van der Waals surface area contributed by atoms with Crippen molar-refractivity contribution in [2.24, 2.45) is 0 Å². The van der Waals surface area contributed by atoms with Crippen LogP contribution in [-0.4, -0.2) is 39.0 Å². The molecule has 1 N–H and O–H groups in total. The number of benzene rings is 1. The van der Waals surface area contributed by atoms with Crippen molar-refractivity contribution in [1.29, 1.82) is 0 Å². The highest BCUT2D eigenvalue weighted by atomic mass is 16.5. The molecule has 1 heterocycles. The Morgan fingerprint density at radius 1 is 1.20 bits per heavy atom. The number of pyridine rings is 1. The van der Waals surface area contributed by atoms with E-state index < -0.39 is 0 Å². The highest BCUT2D eigenvalue weighted by Crippen LogP contribution is 2.25. The van der Waals surface area contributed by atoms with Crippen LogP contribution in [0.15, 0.2) is 36.7 Å². The third-order valence-corrected chi connectivity index (χ3v) is 3.42. The molecule has 0 fully saturated rings. The monoisotopic (exact) mass is 274 g/mol. The molecular weight excluding hydrogens is 252 g/mol. The predicted molar refractivity (Wildman–Crippen MR) is 80.9 cm³/mol. The van der Waals surface area contributed by atoms with Gasteiger partial charge in [0, 0.05) is 37.5 Å². The fourth-order valence-electron chi connectivity index (χ4n) is 2.34. The molecule has 0 aliphatic carbocycles. The zero-order chi connectivity index (χ0) is 14.2. The molecule has 0 bridgehead atoms. The van der Waals surface area contributed by atoms with Crippen LogP contribution in [0.25, 0.3) is 10.8 Å². The zero-order valence-corrected chi connectivity index (χ0v) is 12.1. The molecule has 0 radical (unpaired) electrons. The van der Waals surface area contributed by atoms with Crippen LogP contribution < -0.4 is 5.32 Å². The largest absolute Gasteiger partial charge is 0.382 e. The molecule has 4 nitrogen and oxygen atoms in total. The lowest BCUT2D eigenvalue weighted by Crippen LogP contribution is -2.19. The average Bonchev–Trinajstić information content (AvgIpc) is 2.51. The minimum Gasteiger partial charge on any atom is -0.382 e. The van der Waals surface area contributed by atoms with E-state index >= 15 is 0 Å². The Balaban J connectivity index is 2.05. The lowest BCUT2D eigenvalue weighted by atomic mass is 9.98. The first-order chi connectivity index (χ1) is 9.86. The smallest absolute Gasteiger partial charge is 0.0700 e. The number of ether oxygens (including phenoxy) is 2. The SMILES string of the molecule is CNC(CCOCCOC)c1cccc2ccncc12. The third-order valence-electron chi connectivity index (χ3n) is 3.42. The fourth-order valence-corrected chi connectivity index (χ4v) is 2.34. The van der Waals surface area contributed by atoms with Gasteiger partial charge in [0.2, 0.25) is 0 Å². The highest BCUT2D eigenvalue weighted by molar-refractivity contribution is 5.85. The summed E-state index contributed by atoms with van der Waals surface area (Å²) in [6.07, 6.45) is 4.68. The highest BCUT2D eigenvalue weighted by Gasteiger charge is 2.12. The van der Waals surface area contributed by atoms with Gasteiger partial charge in [-0.1, -0.05) is 18.2 Å². The van der Waals surface area contributed by atoms with Crippen molar-refractivity contribution in [1.82, 2.24) is 10.3 Å². The summed E-state index contributed by atoms with van der Waals surface area (Å²) >= 11 is 0. The van der Waals surface area contributed by atoms with Crippen molar-refractivity contribution >= 4 is 10.8 Å². The molecule has 1 unspecified atom stereocenters. The lowest BCUT2D eigenvalue weighted by Gasteiger charge is -2.18. The van der Waals surface area contributed by atoms with E-state index in [1.54, 1.807) is 7.11 Å². The van der Waals surface area contributed by atoms with Crippen LogP contribution in [0.5, 0.6) is 0 Å². The third kappa shape index (κ3) is 3.76. The first-order valence-electron chi connectivity index (χ1n) is 6.93. The molecule has 0 amide bonds. The Bertz CT molecular complexity index is 525. The van der Waals surface area contributed by atoms with Gasteiger partial charge in [0.05, 0.1) is 13.2 Å². The average molecular weight is 274 g/mol. The normalized spacial score (nSPS) is 12.7. The van der Waals surface area contributed by atoms with E-state index in [9.17, 15) is 0 Å². The summed E-state index contributed by atoms with van der Waals surface area (Å²) in [5, 5.41) is 5.78. The second-order valence-electron chi connectivity index (χ2n) is 4.68. The number of nitrogens with zero attached hydrogens (tertiary/aromatic N) is 1. The predicted octanol–water partition coefficient (Wildman–Crippen LogP) is 2.55. The zero-order valence-electron chi connectivity index (χ0n) is 12.1. The topological polar surface area (TPSA) is 43.4 Å². The first kappa shape index (κ1) is 14.9. The van der Waals surface area contributed by atoms with Crippen LogP contribution in [-0.2, 0) is 9.47 Å². The number of aromatic nitrogens is 1. The summed E-state index contributed by atoms with van der Waals surface area (Å²) in [7, 11) is 3.66. The van der Waals surface area contributed by atoms with Crippen molar-refractivity contribution in [2.45, 2.75) is 12.5 Å². The van der Waals surface area contributed by atoms with Gasteiger partial charge in [0.15, 0.2) is 0 Å². The Hall–Kier alpha value is -1.49. The van der Waals surface area contributed by atoms with E-state index in [4.69, 9.17) is 9.47 Å². The molecule has 0 aliphatic heterocycles. The molecule has 108 valence electrons. The standard InChI is InChI=1S/C16H22N2O2/c1-17-16(7-9-20-11-10-19-2)14-5-3-4-13-6-8-18-12-15(13)14/h3-6,8,12,16-17H,7,9-11H2,1-2H3. The molecule has 1 atom stereocenters. The van der Waals surface area contributed by atoms with Gasteiger partial charge in [-0.15, -0.1) is 0 Å². The van der Waals surface area contributed by atoms with Crippen molar-refractivity contribution < 1.29 is 9.47 Å². The van der Waals surface area contributed by atoms with E-state index in [1.165, 1.54) is 16.3 Å². The second-order valence-corrected chi connectivity index (χ2v) is 4.68. The minimum atomic E-state index is 0.269. The summed E-state index contributed by atoms with van der Waals surface area (Å²) in [5.74, 6) is 0. The molecule has 2 aromatic rings. The maximum atomic E-state index is 5.56. The Labute approximate surface area is 120 Å². The number of rotatable bonds is 8. The molecule has 0 saturated heterocycles. The maximum absolute atomic E-state index is 5.56. The van der Waals surface area contributed by atoms with Gasteiger partial charge in [-0.05, 0) is 30.5 Å². The second kappa shape index (κ2) is 7.94. The van der Waals surface area contributed by atoms with Crippen molar-refractivity contribution in [2.75, 3.05) is 34.0 Å². The van der Waals surface area contributed by atoms with Crippen LogP contribution in [0, 0.1) is 0 Å². The van der Waals surface area contributed by atoms with Crippen LogP contribution in [0.1, 0.15) is 18.0 Å². The van der Waals surface area contributed by atoms with E-state index in [0.717, 1.165) is 6.42 Å². The Morgan fingerprint density at radius 2 is 2.10 bits per heavy atom. The van der Waals surface area contributed by atoms with Crippen LogP contribution >= 0.6 is 0 Å². The van der Waals surface area contributed by atoms with Crippen LogP contribution in [0.4, 0.5) is 0 Å². The van der Waals surface area contributed by atoms with Crippen molar-refractivity contribution in [3.63, 3.8) is 0 Å². The summed E-state index contributed by atoms with van der Waals surface area (Å²) in [4.78, 5) is 4.24. The lowest BCUT2D eigenvalue weighted by molar-refractivity contribution is 0.0661. The number of fused-ring (bicyclic) bond motifs is 1. The maximum Gasteiger partial charge on any atom is 0.0700 e. The fraction of sp³-hybridized carbons (Fsp3) is 0.438. The van der Waals surface area contributed by atoms with E-state index in [0.29, 0.717) is 19.8 Å². The Morgan fingerprint density at radius 3 is 2.90 bits per heavy atom. The minimum absolute atomic E-state index is 0.269. The molecule has 0 spiro atoms. The number of hydrogen-bond donors (Lipinski definition) is 1. The number of hydrogen-bond acceptors (Lipinski definition) is 4. The van der Waals surface area contributed by atoms with Gasteiger partial charge in [-0.25, -0.2) is 0 Å². The molecule has 1 aromatic heterocycles. The van der Waals surface area contributed by atoms with Crippen LogP contribution in [0.3, 0.4) is 0 Å². The first-order valence-corrected chi connectivity index (χ1v) is 6.93. The summed E-state index contributed by atoms with van der Waals surface area (Å²) < 4.78 is 10.5. The van der Waals surface area contributed by atoms with Gasteiger partial charge >= 0.3 is 0 Å². The summed E-state index contributed by atoms with van der Waals surface area (Å²) in [5.41, 5.74) is 1.27. The van der Waals surface area contributed by atoms with E-state index in [2.05, 4.69) is 28.5 Å². The molecule has 1 aromatic carbocycles. The van der Waals surface area contributed by atoms with Crippen molar-refractivity contribution in [3.8, 4) is 0 Å². The summed E-state index contributed by atoms with van der Waals surface area (Å²) in [6.45, 7) is 2.00. The molecule has 0 saturated carbocycles. The number of methoxy groups -OCH3 is 1. The van der Waals surface area contributed by atoms with Crippen LogP contribution in [0.2, 0.25) is 0 Å². The number of nitrogens with one attached hydrogen (secondary N) is 1. The van der Waals surface area contributed by atoms with Gasteiger partial charge in [-0.2, -0.15) is 0 Å². The summed E-state index contributed by atoms with van der Waals surface area (Å²) in [6, 6.07) is 8.67. The van der Waals surface area contributed by atoms with Gasteiger partial charge in [-0.3, -0.25) is 4.98 Å². The van der Waals surface area contributed by atoms with E-state index in [1.807, 2.05) is 25.5 Å². The molecule has 20 heavy (non-hydrogen) atoms. The quantitative estimate of drug-likeness (QED) is 0.751. The molecule has 2 rings (SSSR count). The van der Waals surface area contributed by atoms with Gasteiger partial charge < -0.3 is 14.8 Å². The van der Waals surface area contributed by atoms with E-state index in [-0.39, 0.29) is 6.04 Å². The van der Waals surface area contributed by atoms with Crippen molar-refractivity contribution in [3.05, 3.63) is 42.2 Å². The Kier molecular flexibility index (Phi) is 5.92. The van der Waals surface area contributed by atoms with Gasteiger partial charge in [0.1, 0.15) is 0 Å².